The molecule has 0 atom stereocenters. The Balaban J connectivity index is 2.06. The number of aromatic nitrogens is 2. The minimum atomic E-state index is 0.421. The number of rotatable bonds is 3. The normalized spacial score (nSPS) is 17.9. The first-order chi connectivity index (χ1) is 8.65. The van der Waals surface area contributed by atoms with Crippen LogP contribution in [0.1, 0.15) is 32.6 Å². The third-order valence-electron chi connectivity index (χ3n) is 4.42. The van der Waals surface area contributed by atoms with Gasteiger partial charge in [-0.15, -0.1) is 0 Å². The molecule has 0 aliphatic heterocycles. The van der Waals surface area contributed by atoms with Gasteiger partial charge in [0, 0.05) is 6.54 Å². The highest BCUT2D eigenvalue weighted by molar-refractivity contribution is 6.35. The van der Waals surface area contributed by atoms with Crippen molar-refractivity contribution >= 4 is 28.6 Å². The van der Waals surface area contributed by atoms with Gasteiger partial charge in [-0.2, -0.15) is 0 Å². The second kappa shape index (κ2) is 4.16. The summed E-state index contributed by atoms with van der Waals surface area (Å²) >= 11 is 6.16. The summed E-state index contributed by atoms with van der Waals surface area (Å²) in [5, 5.41) is 0.678. The Bertz CT molecular complexity index is 578. The molecule has 0 saturated heterocycles. The van der Waals surface area contributed by atoms with Crippen molar-refractivity contribution in [2.75, 3.05) is 5.73 Å². The molecule has 0 amide bonds. The zero-order chi connectivity index (χ0) is 12.8. The van der Waals surface area contributed by atoms with Crippen LogP contribution in [0.15, 0.2) is 18.2 Å². The summed E-state index contributed by atoms with van der Waals surface area (Å²) in [5.41, 5.74) is 8.35. The molecule has 1 aromatic carbocycles. The number of benzene rings is 1. The van der Waals surface area contributed by atoms with Crippen LogP contribution >= 0.6 is 11.6 Å². The molecule has 3 nitrogen and oxygen atoms in total. The molecule has 96 valence electrons. The van der Waals surface area contributed by atoms with Crippen molar-refractivity contribution in [2.45, 2.75) is 39.2 Å². The van der Waals surface area contributed by atoms with Gasteiger partial charge >= 0.3 is 0 Å². The minimum Gasteiger partial charge on any atom is -0.369 e. The van der Waals surface area contributed by atoms with Crippen LogP contribution < -0.4 is 5.73 Å². The number of nitrogens with zero attached hydrogens (tertiary/aromatic N) is 2. The smallest absolute Gasteiger partial charge is 0.201 e. The Morgan fingerprint density at radius 1 is 1.44 bits per heavy atom. The van der Waals surface area contributed by atoms with E-state index < -0.39 is 0 Å². The van der Waals surface area contributed by atoms with Gasteiger partial charge in [-0.1, -0.05) is 31.0 Å². The highest BCUT2D eigenvalue weighted by atomic mass is 35.5. The molecule has 4 heteroatoms. The molecule has 1 saturated carbocycles. The molecule has 1 fully saturated rings. The van der Waals surface area contributed by atoms with Crippen LogP contribution in [0, 0.1) is 5.41 Å². The van der Waals surface area contributed by atoms with Gasteiger partial charge < -0.3 is 10.3 Å². The first-order valence-electron chi connectivity index (χ1n) is 6.55. The van der Waals surface area contributed by atoms with Gasteiger partial charge in [0.25, 0.3) is 0 Å². The lowest BCUT2D eigenvalue weighted by Gasteiger charge is -2.41. The van der Waals surface area contributed by atoms with E-state index in [1.54, 1.807) is 0 Å². The Morgan fingerprint density at radius 2 is 2.22 bits per heavy atom. The molecule has 0 radical (unpaired) electrons. The summed E-state index contributed by atoms with van der Waals surface area (Å²) in [6.45, 7) is 3.23. The first-order valence-corrected chi connectivity index (χ1v) is 6.93. The number of nitrogen functional groups attached to an aromatic ring is 1. The zero-order valence-corrected chi connectivity index (χ0v) is 11.4. The number of hydrogen-bond donors (Lipinski definition) is 1. The molecule has 3 rings (SSSR count). The molecule has 0 unspecified atom stereocenters. The molecule has 1 aliphatic rings. The fraction of sp³-hybridized carbons (Fsp3) is 0.500. The maximum atomic E-state index is 6.16. The van der Waals surface area contributed by atoms with Crippen molar-refractivity contribution in [1.82, 2.24) is 9.55 Å². The van der Waals surface area contributed by atoms with E-state index >= 15 is 0 Å². The molecular formula is C14H18ClN3. The second-order valence-electron chi connectivity index (χ2n) is 5.37. The van der Waals surface area contributed by atoms with Crippen molar-refractivity contribution in [3.8, 4) is 0 Å². The van der Waals surface area contributed by atoms with E-state index in [1.807, 2.05) is 18.2 Å². The predicted molar refractivity (Wildman–Crippen MR) is 75.7 cm³/mol. The SMILES string of the molecule is CCC1(Cn2c(N)nc3c(Cl)cccc32)CCC1. The predicted octanol–water partition coefficient (Wildman–Crippen LogP) is 3.85. The van der Waals surface area contributed by atoms with E-state index in [0.29, 0.717) is 16.4 Å². The summed E-state index contributed by atoms with van der Waals surface area (Å²) < 4.78 is 2.13. The van der Waals surface area contributed by atoms with Crippen LogP contribution in [0.25, 0.3) is 11.0 Å². The van der Waals surface area contributed by atoms with Crippen molar-refractivity contribution < 1.29 is 0 Å². The lowest BCUT2D eigenvalue weighted by Crippen LogP contribution is -2.33. The van der Waals surface area contributed by atoms with Gasteiger partial charge in [-0.05, 0) is 36.8 Å². The van der Waals surface area contributed by atoms with Crippen molar-refractivity contribution in [3.05, 3.63) is 23.2 Å². The summed E-state index contributed by atoms with van der Waals surface area (Å²) in [7, 11) is 0. The molecule has 0 spiro atoms. The monoisotopic (exact) mass is 263 g/mol. The van der Waals surface area contributed by atoms with Crippen LogP contribution in [0.5, 0.6) is 0 Å². The highest BCUT2D eigenvalue weighted by Gasteiger charge is 2.36. The van der Waals surface area contributed by atoms with E-state index in [0.717, 1.165) is 17.6 Å². The molecule has 1 heterocycles. The molecule has 2 aromatic rings. The van der Waals surface area contributed by atoms with E-state index in [9.17, 15) is 0 Å². The summed E-state index contributed by atoms with van der Waals surface area (Å²) in [5.74, 6) is 0.581. The first kappa shape index (κ1) is 11.8. The fourth-order valence-electron chi connectivity index (χ4n) is 2.93. The Hall–Kier alpha value is -1.22. The van der Waals surface area contributed by atoms with Gasteiger partial charge in [0.05, 0.1) is 10.5 Å². The minimum absolute atomic E-state index is 0.421. The molecule has 0 bridgehead atoms. The summed E-state index contributed by atoms with van der Waals surface area (Å²) in [6.07, 6.45) is 5.13. The molecular weight excluding hydrogens is 246 g/mol. The molecule has 1 aromatic heterocycles. The number of anilines is 1. The number of nitrogens with two attached hydrogens (primary N) is 1. The Labute approximate surface area is 112 Å². The van der Waals surface area contributed by atoms with Crippen LogP contribution in [0.2, 0.25) is 5.02 Å². The summed E-state index contributed by atoms with van der Waals surface area (Å²) in [6, 6.07) is 5.87. The number of halogens is 1. The fourth-order valence-corrected chi connectivity index (χ4v) is 3.14. The quantitative estimate of drug-likeness (QED) is 0.914. The average Bonchev–Trinajstić information content (AvgIpc) is 2.62. The largest absolute Gasteiger partial charge is 0.369 e. The van der Waals surface area contributed by atoms with E-state index in [2.05, 4.69) is 16.5 Å². The van der Waals surface area contributed by atoms with E-state index in [4.69, 9.17) is 17.3 Å². The molecule has 18 heavy (non-hydrogen) atoms. The van der Waals surface area contributed by atoms with Gasteiger partial charge in [-0.25, -0.2) is 4.98 Å². The van der Waals surface area contributed by atoms with Gasteiger partial charge in [-0.3, -0.25) is 0 Å². The van der Waals surface area contributed by atoms with Crippen LogP contribution in [-0.4, -0.2) is 9.55 Å². The standard InChI is InChI=1S/C14H18ClN3/c1-2-14(7-4-8-14)9-18-11-6-3-5-10(15)12(11)17-13(18)16/h3,5-6H,2,4,7-9H2,1H3,(H2,16,17). The zero-order valence-electron chi connectivity index (χ0n) is 10.6. The summed E-state index contributed by atoms with van der Waals surface area (Å²) in [4.78, 5) is 4.40. The topological polar surface area (TPSA) is 43.8 Å². The lowest BCUT2D eigenvalue weighted by atomic mass is 9.67. The number of hydrogen-bond acceptors (Lipinski definition) is 2. The highest BCUT2D eigenvalue weighted by Crippen LogP contribution is 2.46. The van der Waals surface area contributed by atoms with Gasteiger partial charge in [0.1, 0.15) is 5.52 Å². The molecule has 1 aliphatic carbocycles. The number of fused-ring (bicyclic) bond motifs is 1. The maximum Gasteiger partial charge on any atom is 0.201 e. The number of imidazole rings is 1. The second-order valence-corrected chi connectivity index (χ2v) is 5.78. The van der Waals surface area contributed by atoms with Gasteiger partial charge in [0.2, 0.25) is 5.95 Å². The van der Waals surface area contributed by atoms with E-state index in [-0.39, 0.29) is 0 Å². The Kier molecular flexibility index (Phi) is 2.74. The van der Waals surface area contributed by atoms with Crippen molar-refractivity contribution in [1.29, 1.82) is 0 Å². The van der Waals surface area contributed by atoms with Crippen molar-refractivity contribution in [3.63, 3.8) is 0 Å². The van der Waals surface area contributed by atoms with Crippen LogP contribution in [0.3, 0.4) is 0 Å². The Morgan fingerprint density at radius 3 is 2.83 bits per heavy atom. The van der Waals surface area contributed by atoms with Gasteiger partial charge in [0.15, 0.2) is 0 Å². The lowest BCUT2D eigenvalue weighted by molar-refractivity contribution is 0.103. The van der Waals surface area contributed by atoms with Crippen LogP contribution in [0.4, 0.5) is 5.95 Å². The molecule has 2 N–H and O–H groups in total. The third kappa shape index (κ3) is 1.69. The van der Waals surface area contributed by atoms with E-state index in [1.165, 1.54) is 25.7 Å². The maximum absolute atomic E-state index is 6.16. The third-order valence-corrected chi connectivity index (χ3v) is 4.72. The van der Waals surface area contributed by atoms with Crippen molar-refractivity contribution in [2.24, 2.45) is 5.41 Å². The average molecular weight is 264 g/mol. The number of para-hydroxylation sites is 1. The van der Waals surface area contributed by atoms with Crippen LogP contribution in [-0.2, 0) is 6.54 Å².